The normalized spacial score (nSPS) is 18.1. The smallest absolute Gasteiger partial charge is 0.406 e. The first-order valence-corrected chi connectivity index (χ1v) is 2.40. The van der Waals surface area contributed by atoms with Crippen molar-refractivity contribution in [3.63, 3.8) is 0 Å². The summed E-state index contributed by atoms with van der Waals surface area (Å²) in [5, 5.41) is 0. The molecule has 3 nitrogen and oxygen atoms in total. The van der Waals surface area contributed by atoms with Gasteiger partial charge in [0.15, 0.2) is 5.76 Å². The van der Waals surface area contributed by atoms with Crippen LogP contribution in [0.15, 0.2) is 12.0 Å². The number of halogens is 3. The Morgan fingerprint density at radius 2 is 2.30 bits per heavy atom. The van der Waals surface area contributed by atoms with Crippen molar-refractivity contribution in [3.8, 4) is 0 Å². The van der Waals surface area contributed by atoms with Crippen molar-refractivity contribution in [2.45, 2.75) is 6.36 Å². The molecule has 6 heteroatoms. The molecule has 0 bridgehead atoms. The van der Waals surface area contributed by atoms with E-state index in [0.29, 0.717) is 0 Å². The van der Waals surface area contributed by atoms with Crippen LogP contribution < -0.4 is 5.48 Å². The molecule has 1 aliphatic heterocycles. The average Bonchev–Trinajstić information content (AvgIpc) is 2.12. The summed E-state index contributed by atoms with van der Waals surface area (Å²) in [6, 6.07) is 0. The van der Waals surface area contributed by atoms with Gasteiger partial charge in [-0.15, -0.1) is 13.2 Å². The zero-order valence-corrected chi connectivity index (χ0v) is 4.73. The number of hydrogen-bond donors (Lipinski definition) is 1. The van der Waals surface area contributed by atoms with Crippen molar-refractivity contribution in [3.05, 3.63) is 12.0 Å². The third kappa shape index (κ3) is 2.14. The molecule has 0 amide bonds. The lowest BCUT2D eigenvalue weighted by Crippen LogP contribution is -2.13. The molecule has 10 heavy (non-hydrogen) atoms. The molecule has 0 aromatic carbocycles. The van der Waals surface area contributed by atoms with Crippen molar-refractivity contribution in [1.82, 2.24) is 5.48 Å². The van der Waals surface area contributed by atoms with Gasteiger partial charge in [0, 0.05) is 0 Å². The van der Waals surface area contributed by atoms with Gasteiger partial charge in [0.2, 0.25) is 0 Å². The first kappa shape index (κ1) is 7.20. The van der Waals surface area contributed by atoms with Crippen molar-refractivity contribution in [1.29, 1.82) is 0 Å². The second-order valence-electron chi connectivity index (χ2n) is 1.56. The number of hydrogen-bond acceptors (Lipinski definition) is 3. The van der Waals surface area contributed by atoms with E-state index in [1.54, 1.807) is 0 Å². The zero-order valence-electron chi connectivity index (χ0n) is 4.73. The summed E-state index contributed by atoms with van der Waals surface area (Å²) < 4.78 is 37.6. The number of rotatable bonds is 1. The largest absolute Gasteiger partial charge is 0.572 e. The van der Waals surface area contributed by atoms with Crippen LogP contribution in [-0.4, -0.2) is 13.0 Å². The Labute approximate surface area is 54.4 Å². The maximum atomic E-state index is 11.4. The van der Waals surface area contributed by atoms with E-state index in [0.717, 1.165) is 6.20 Å². The Morgan fingerprint density at radius 3 is 2.70 bits per heavy atom. The van der Waals surface area contributed by atoms with Gasteiger partial charge in [0.25, 0.3) is 0 Å². The highest BCUT2D eigenvalue weighted by Gasteiger charge is 2.32. The molecular formula is C4H4F3NO2. The van der Waals surface area contributed by atoms with Crippen LogP contribution in [0, 0.1) is 0 Å². The highest BCUT2D eigenvalue weighted by atomic mass is 19.4. The Hall–Kier alpha value is -0.910. The minimum Gasteiger partial charge on any atom is -0.406 e. The van der Waals surface area contributed by atoms with Crippen molar-refractivity contribution >= 4 is 0 Å². The third-order valence-electron chi connectivity index (χ3n) is 0.764. The number of alkyl halides is 3. The molecule has 0 aromatic heterocycles. The van der Waals surface area contributed by atoms with Crippen molar-refractivity contribution in [2.24, 2.45) is 0 Å². The maximum Gasteiger partial charge on any atom is 0.572 e. The van der Waals surface area contributed by atoms with Gasteiger partial charge in [-0.3, -0.25) is 10.3 Å². The lowest BCUT2D eigenvalue weighted by molar-refractivity contribution is -0.306. The molecule has 0 fully saturated rings. The second kappa shape index (κ2) is 2.37. The molecule has 0 aromatic rings. The summed E-state index contributed by atoms with van der Waals surface area (Å²) in [4.78, 5) is 4.34. The summed E-state index contributed by atoms with van der Waals surface area (Å²) in [6.07, 6.45) is -3.62. The first-order valence-electron chi connectivity index (χ1n) is 2.40. The SMILES string of the molecule is FC(F)(F)OC1=CNOC1. The van der Waals surface area contributed by atoms with Crippen LogP contribution in [0.25, 0.3) is 0 Å². The molecule has 1 rings (SSSR count). The van der Waals surface area contributed by atoms with Crippen LogP contribution in [-0.2, 0) is 9.57 Å². The summed E-state index contributed by atoms with van der Waals surface area (Å²) in [5.41, 5.74) is 2.11. The molecule has 0 spiro atoms. The van der Waals surface area contributed by atoms with Gasteiger partial charge >= 0.3 is 6.36 Å². The van der Waals surface area contributed by atoms with Gasteiger partial charge in [0.1, 0.15) is 6.61 Å². The molecule has 58 valence electrons. The molecule has 0 unspecified atom stereocenters. The van der Waals surface area contributed by atoms with Gasteiger partial charge in [-0.25, -0.2) is 0 Å². The molecule has 0 saturated carbocycles. The number of hydroxylamine groups is 1. The molecule has 0 atom stereocenters. The molecule has 0 aliphatic carbocycles. The Bertz CT molecular complexity index is 153. The Morgan fingerprint density at radius 1 is 1.60 bits per heavy atom. The van der Waals surface area contributed by atoms with E-state index in [2.05, 4.69) is 15.1 Å². The van der Waals surface area contributed by atoms with Crippen LogP contribution in [0.4, 0.5) is 13.2 Å². The molecule has 1 aliphatic rings. The fraction of sp³-hybridized carbons (Fsp3) is 0.500. The van der Waals surface area contributed by atoms with Gasteiger partial charge in [-0.05, 0) is 0 Å². The molecule has 0 saturated heterocycles. The van der Waals surface area contributed by atoms with Crippen LogP contribution in [0.1, 0.15) is 0 Å². The monoisotopic (exact) mass is 155 g/mol. The van der Waals surface area contributed by atoms with Gasteiger partial charge in [-0.1, -0.05) is 0 Å². The lowest BCUT2D eigenvalue weighted by atomic mass is 10.6. The quantitative estimate of drug-likeness (QED) is 0.610. The summed E-state index contributed by atoms with van der Waals surface area (Å²) in [7, 11) is 0. The van der Waals surface area contributed by atoms with E-state index >= 15 is 0 Å². The highest BCUT2D eigenvalue weighted by molar-refractivity contribution is 4.94. The molecular weight excluding hydrogens is 151 g/mol. The fourth-order valence-electron chi connectivity index (χ4n) is 0.469. The third-order valence-corrected chi connectivity index (χ3v) is 0.764. The zero-order chi connectivity index (χ0) is 7.61. The fourth-order valence-corrected chi connectivity index (χ4v) is 0.469. The Kier molecular flexibility index (Phi) is 1.71. The van der Waals surface area contributed by atoms with Gasteiger partial charge in [0.05, 0.1) is 6.20 Å². The standard InChI is InChI=1S/C4H4F3NO2/c5-4(6,7)10-3-1-8-9-2-3/h1,8H,2H2. The van der Waals surface area contributed by atoms with Crippen LogP contribution in [0.2, 0.25) is 0 Å². The number of ether oxygens (including phenoxy) is 1. The van der Waals surface area contributed by atoms with Crippen LogP contribution in [0.3, 0.4) is 0 Å². The minimum absolute atomic E-state index is 0.195. The van der Waals surface area contributed by atoms with Crippen molar-refractivity contribution < 1.29 is 22.7 Å². The second-order valence-corrected chi connectivity index (χ2v) is 1.56. The predicted octanol–water partition coefficient (Wildman–Crippen LogP) is 0.899. The van der Waals surface area contributed by atoms with E-state index in [4.69, 9.17) is 0 Å². The average molecular weight is 155 g/mol. The molecule has 1 N–H and O–H groups in total. The summed E-state index contributed by atoms with van der Waals surface area (Å²) in [6.45, 7) is -0.195. The lowest BCUT2D eigenvalue weighted by Gasteiger charge is -2.06. The maximum absolute atomic E-state index is 11.4. The Balaban J connectivity index is 2.38. The van der Waals surface area contributed by atoms with Gasteiger partial charge in [-0.2, -0.15) is 0 Å². The molecule has 1 heterocycles. The minimum atomic E-state index is -4.62. The van der Waals surface area contributed by atoms with Gasteiger partial charge < -0.3 is 4.74 Å². The summed E-state index contributed by atoms with van der Waals surface area (Å²) >= 11 is 0. The van der Waals surface area contributed by atoms with Crippen molar-refractivity contribution in [2.75, 3.05) is 6.61 Å². The van der Waals surface area contributed by atoms with Crippen LogP contribution >= 0.6 is 0 Å². The number of nitrogens with one attached hydrogen (secondary N) is 1. The van der Waals surface area contributed by atoms with Crippen LogP contribution in [0.5, 0.6) is 0 Å². The van der Waals surface area contributed by atoms with E-state index in [1.165, 1.54) is 0 Å². The molecule has 0 radical (unpaired) electrons. The van der Waals surface area contributed by atoms with E-state index in [-0.39, 0.29) is 12.4 Å². The predicted molar refractivity (Wildman–Crippen MR) is 24.3 cm³/mol. The summed E-state index contributed by atoms with van der Waals surface area (Å²) in [5.74, 6) is -0.271. The van der Waals surface area contributed by atoms with E-state index in [1.807, 2.05) is 0 Å². The highest BCUT2D eigenvalue weighted by Crippen LogP contribution is 2.21. The van der Waals surface area contributed by atoms with E-state index < -0.39 is 6.36 Å². The first-order chi connectivity index (χ1) is 4.58. The topological polar surface area (TPSA) is 30.5 Å². The van der Waals surface area contributed by atoms with E-state index in [9.17, 15) is 13.2 Å².